The summed E-state index contributed by atoms with van der Waals surface area (Å²) >= 11 is 0. The lowest BCUT2D eigenvalue weighted by atomic mass is 9.86. The summed E-state index contributed by atoms with van der Waals surface area (Å²) in [5.41, 5.74) is -1.07. The molecule has 7 heteroatoms. The van der Waals surface area contributed by atoms with Crippen molar-refractivity contribution in [1.29, 1.82) is 0 Å². The summed E-state index contributed by atoms with van der Waals surface area (Å²) in [7, 11) is 1.61. The Morgan fingerprint density at radius 1 is 1.30 bits per heavy atom. The Hall–Kier alpha value is -2.67. The smallest absolute Gasteiger partial charge is 0.322 e. The number of hydrogen-bond donors (Lipinski definition) is 2. The van der Waals surface area contributed by atoms with Crippen LogP contribution in [0.3, 0.4) is 0 Å². The van der Waals surface area contributed by atoms with Crippen LogP contribution in [0.1, 0.15) is 5.56 Å². The largest absolute Gasteiger partial charge is 0.381 e. The van der Waals surface area contributed by atoms with E-state index in [9.17, 15) is 19.1 Å². The Labute approximate surface area is 131 Å². The van der Waals surface area contributed by atoms with Gasteiger partial charge in [0.2, 0.25) is 0 Å². The molecule has 0 atom stereocenters. The Balaban J connectivity index is 1.67. The fourth-order valence-corrected chi connectivity index (χ4v) is 2.57. The van der Waals surface area contributed by atoms with Crippen molar-refractivity contribution in [2.24, 2.45) is 7.05 Å². The average Bonchev–Trinajstić information content (AvgIpc) is 2.48. The van der Waals surface area contributed by atoms with E-state index in [0.717, 1.165) is 0 Å². The molecule has 2 N–H and O–H groups in total. The lowest BCUT2D eigenvalue weighted by molar-refractivity contribution is -0.0815. The van der Waals surface area contributed by atoms with Crippen molar-refractivity contribution >= 4 is 11.7 Å². The highest BCUT2D eigenvalue weighted by Gasteiger charge is 2.46. The van der Waals surface area contributed by atoms with E-state index in [4.69, 9.17) is 0 Å². The van der Waals surface area contributed by atoms with Gasteiger partial charge in [-0.05, 0) is 12.1 Å². The Bertz CT molecular complexity index is 812. The SMILES string of the molecule is Cn1ccc(NC(=O)N2CC(O)(c3ccccc3F)C2)cc1=O. The van der Waals surface area contributed by atoms with Crippen LogP contribution in [0.2, 0.25) is 0 Å². The van der Waals surface area contributed by atoms with E-state index in [1.807, 2.05) is 0 Å². The number of likely N-dealkylation sites (tertiary alicyclic amines) is 1. The third-order valence-electron chi connectivity index (χ3n) is 3.92. The van der Waals surface area contributed by atoms with Crippen molar-refractivity contribution in [3.63, 3.8) is 0 Å². The fraction of sp³-hybridized carbons (Fsp3) is 0.250. The van der Waals surface area contributed by atoms with E-state index in [1.165, 1.54) is 27.7 Å². The first kappa shape index (κ1) is 15.2. The predicted molar refractivity (Wildman–Crippen MR) is 82.6 cm³/mol. The molecule has 2 heterocycles. The molecule has 1 fully saturated rings. The summed E-state index contributed by atoms with van der Waals surface area (Å²) in [6.45, 7) is -0.0186. The molecular weight excluding hydrogens is 301 g/mol. The second-order valence-electron chi connectivity index (χ2n) is 5.66. The number of carbonyl (C=O) groups is 1. The van der Waals surface area contributed by atoms with Gasteiger partial charge in [-0.15, -0.1) is 0 Å². The molecule has 1 aliphatic heterocycles. The van der Waals surface area contributed by atoms with Gasteiger partial charge in [0.05, 0.1) is 13.1 Å². The highest BCUT2D eigenvalue weighted by atomic mass is 19.1. The number of aliphatic hydroxyl groups is 1. The summed E-state index contributed by atoms with van der Waals surface area (Å²) in [5.74, 6) is -0.499. The first-order chi connectivity index (χ1) is 10.9. The van der Waals surface area contributed by atoms with Crippen LogP contribution in [-0.4, -0.2) is 33.7 Å². The van der Waals surface area contributed by atoms with Crippen LogP contribution in [-0.2, 0) is 12.6 Å². The van der Waals surface area contributed by atoms with Gasteiger partial charge in [-0.1, -0.05) is 18.2 Å². The van der Waals surface area contributed by atoms with Crippen molar-refractivity contribution in [2.75, 3.05) is 18.4 Å². The van der Waals surface area contributed by atoms with Crippen LogP contribution in [0.25, 0.3) is 0 Å². The molecule has 1 saturated heterocycles. The number of rotatable bonds is 2. The molecule has 0 aliphatic carbocycles. The molecule has 0 radical (unpaired) electrons. The van der Waals surface area contributed by atoms with Crippen LogP contribution >= 0.6 is 0 Å². The Kier molecular flexibility index (Phi) is 3.65. The molecule has 1 aromatic carbocycles. The van der Waals surface area contributed by atoms with Crippen molar-refractivity contribution < 1.29 is 14.3 Å². The van der Waals surface area contributed by atoms with E-state index < -0.39 is 17.4 Å². The number of halogens is 1. The monoisotopic (exact) mass is 317 g/mol. The number of aryl methyl sites for hydroxylation is 1. The lowest BCUT2D eigenvalue weighted by Gasteiger charge is -2.46. The number of aromatic nitrogens is 1. The number of nitrogens with zero attached hydrogens (tertiary/aromatic N) is 2. The molecule has 6 nitrogen and oxygen atoms in total. The van der Waals surface area contributed by atoms with Crippen LogP contribution in [0.15, 0.2) is 47.4 Å². The molecule has 1 aliphatic rings. The molecule has 0 unspecified atom stereocenters. The van der Waals surface area contributed by atoms with E-state index in [-0.39, 0.29) is 24.2 Å². The van der Waals surface area contributed by atoms with Crippen molar-refractivity contribution in [3.8, 4) is 0 Å². The van der Waals surface area contributed by atoms with Gasteiger partial charge in [0.1, 0.15) is 11.4 Å². The summed E-state index contributed by atoms with van der Waals surface area (Å²) in [6.07, 6.45) is 1.55. The van der Waals surface area contributed by atoms with E-state index in [0.29, 0.717) is 5.69 Å². The van der Waals surface area contributed by atoms with Gasteiger partial charge in [0.25, 0.3) is 5.56 Å². The first-order valence-corrected chi connectivity index (χ1v) is 7.09. The molecule has 0 saturated carbocycles. The number of hydrogen-bond acceptors (Lipinski definition) is 3. The zero-order valence-electron chi connectivity index (χ0n) is 12.5. The maximum absolute atomic E-state index is 13.7. The molecular formula is C16H16FN3O3. The van der Waals surface area contributed by atoms with E-state index in [1.54, 1.807) is 31.4 Å². The topological polar surface area (TPSA) is 74.6 Å². The number of urea groups is 1. The lowest BCUT2D eigenvalue weighted by Crippen LogP contribution is -2.62. The summed E-state index contributed by atoms with van der Waals surface area (Å²) in [6, 6.07) is 8.42. The quantitative estimate of drug-likeness (QED) is 0.876. The third-order valence-corrected chi connectivity index (χ3v) is 3.92. The van der Waals surface area contributed by atoms with Gasteiger partial charge in [-0.2, -0.15) is 0 Å². The molecule has 0 spiro atoms. The third kappa shape index (κ3) is 2.83. The highest BCUT2D eigenvalue weighted by Crippen LogP contribution is 2.33. The zero-order chi connectivity index (χ0) is 16.6. The number of amides is 2. The zero-order valence-corrected chi connectivity index (χ0v) is 12.5. The Morgan fingerprint density at radius 2 is 2.00 bits per heavy atom. The molecule has 2 aromatic rings. The Morgan fingerprint density at radius 3 is 2.65 bits per heavy atom. The van der Waals surface area contributed by atoms with E-state index >= 15 is 0 Å². The van der Waals surface area contributed by atoms with Crippen LogP contribution in [0.4, 0.5) is 14.9 Å². The van der Waals surface area contributed by atoms with Crippen molar-refractivity contribution in [3.05, 3.63) is 64.3 Å². The van der Waals surface area contributed by atoms with Gasteiger partial charge in [0, 0.05) is 30.6 Å². The average molecular weight is 317 g/mol. The predicted octanol–water partition coefficient (Wildman–Crippen LogP) is 1.26. The maximum atomic E-state index is 13.7. The van der Waals surface area contributed by atoms with Gasteiger partial charge in [0.15, 0.2) is 0 Å². The van der Waals surface area contributed by atoms with Gasteiger partial charge < -0.3 is 19.9 Å². The number of benzene rings is 1. The summed E-state index contributed by atoms with van der Waals surface area (Å²) < 4.78 is 15.1. The number of carbonyl (C=O) groups excluding carboxylic acids is 1. The first-order valence-electron chi connectivity index (χ1n) is 7.09. The van der Waals surface area contributed by atoms with Crippen LogP contribution < -0.4 is 10.9 Å². The fourth-order valence-electron chi connectivity index (χ4n) is 2.57. The number of nitrogens with one attached hydrogen (secondary N) is 1. The van der Waals surface area contributed by atoms with Gasteiger partial charge in [-0.3, -0.25) is 4.79 Å². The van der Waals surface area contributed by atoms with Gasteiger partial charge >= 0.3 is 6.03 Å². The maximum Gasteiger partial charge on any atom is 0.322 e. The van der Waals surface area contributed by atoms with Crippen molar-refractivity contribution in [1.82, 2.24) is 9.47 Å². The van der Waals surface area contributed by atoms with Crippen LogP contribution in [0, 0.1) is 5.82 Å². The summed E-state index contributed by atoms with van der Waals surface area (Å²) in [5, 5.41) is 13.0. The second kappa shape index (κ2) is 5.51. The molecule has 1 aromatic heterocycles. The standard InChI is InChI=1S/C16H16FN3O3/c1-19-7-6-11(8-14(19)21)18-15(22)20-9-16(23,10-20)12-4-2-3-5-13(12)17/h2-8,23H,9-10H2,1H3,(H,18,22). The minimum absolute atomic E-state index is 0.00932. The van der Waals surface area contributed by atoms with Crippen molar-refractivity contribution in [2.45, 2.75) is 5.60 Å². The van der Waals surface area contributed by atoms with E-state index in [2.05, 4.69) is 5.32 Å². The second-order valence-corrected chi connectivity index (χ2v) is 5.66. The normalized spacial score (nSPS) is 15.9. The van der Waals surface area contributed by atoms with Crippen LogP contribution in [0.5, 0.6) is 0 Å². The number of anilines is 1. The highest BCUT2D eigenvalue weighted by molar-refractivity contribution is 5.90. The number of β-amino-alcohol motifs (C(OH)–C–C–N with tert-alkyl or cyclic N) is 1. The molecule has 2 amide bonds. The minimum atomic E-state index is -1.38. The van der Waals surface area contributed by atoms with Gasteiger partial charge in [-0.25, -0.2) is 9.18 Å². The summed E-state index contributed by atoms with van der Waals surface area (Å²) in [4.78, 5) is 25.0. The molecule has 23 heavy (non-hydrogen) atoms. The molecule has 3 rings (SSSR count). The minimum Gasteiger partial charge on any atom is -0.381 e. The number of pyridine rings is 1. The molecule has 0 bridgehead atoms. The molecule has 120 valence electrons.